The zero-order valence-corrected chi connectivity index (χ0v) is 41.3. The third kappa shape index (κ3) is 37.1. The summed E-state index contributed by atoms with van der Waals surface area (Å²) in [4.78, 5) is 26.5. The fraction of sp³-hybridized carbons (Fsp3) is 0.857. The number of rotatable bonds is 48. The Morgan fingerprint density at radius 3 is 0.967 bits per heavy atom. The third-order valence-corrected chi connectivity index (χ3v) is 12.9. The first-order valence-electron chi connectivity index (χ1n) is 27.5. The molecule has 0 atom stereocenters. The fourth-order valence-corrected chi connectivity index (χ4v) is 8.69. The van der Waals surface area contributed by atoms with Gasteiger partial charge in [-0.1, -0.05) is 271 Å². The Morgan fingerprint density at radius 1 is 0.361 bits per heavy atom. The summed E-state index contributed by atoms with van der Waals surface area (Å²) in [6.07, 6.45) is 55.6. The van der Waals surface area contributed by atoms with Crippen LogP contribution in [0.15, 0.2) is 18.2 Å². The van der Waals surface area contributed by atoms with Crippen molar-refractivity contribution in [2.24, 2.45) is 0 Å². The summed E-state index contributed by atoms with van der Waals surface area (Å²) in [6, 6.07) is 5.38. The van der Waals surface area contributed by atoms with Crippen molar-refractivity contribution in [2.75, 3.05) is 19.7 Å². The number of amides is 2. The van der Waals surface area contributed by atoms with E-state index in [1.807, 2.05) is 0 Å². The fourth-order valence-electron chi connectivity index (χ4n) is 8.69. The summed E-state index contributed by atoms with van der Waals surface area (Å²) in [5.74, 6) is 0.361. The van der Waals surface area contributed by atoms with Crippen LogP contribution in [0, 0.1) is 0 Å². The molecule has 0 unspecified atom stereocenters. The minimum Gasteiger partial charge on any atom is -0.493 e. The maximum Gasteiger partial charge on any atom is 0.255 e. The number of benzene rings is 1. The molecule has 5 heteroatoms. The first kappa shape index (κ1) is 57.0. The van der Waals surface area contributed by atoms with Gasteiger partial charge < -0.3 is 15.4 Å². The lowest BCUT2D eigenvalue weighted by atomic mass is 10.0. The largest absolute Gasteiger partial charge is 0.493 e. The number of ether oxygens (including phenoxy) is 1. The number of carbonyl (C=O) groups excluding carboxylic acids is 2. The zero-order valence-electron chi connectivity index (χ0n) is 41.3. The molecule has 0 saturated carbocycles. The van der Waals surface area contributed by atoms with Crippen molar-refractivity contribution in [2.45, 2.75) is 290 Å². The van der Waals surface area contributed by atoms with Gasteiger partial charge in [0.1, 0.15) is 5.75 Å². The van der Waals surface area contributed by atoms with E-state index in [4.69, 9.17) is 4.74 Å². The Kier molecular flexibility index (Phi) is 42.9. The van der Waals surface area contributed by atoms with Crippen LogP contribution in [-0.2, 0) is 0 Å². The van der Waals surface area contributed by atoms with Crippen LogP contribution in [0.1, 0.15) is 311 Å². The molecule has 0 fully saturated rings. The maximum absolute atomic E-state index is 13.4. The molecule has 1 aromatic rings. The van der Waals surface area contributed by atoms with E-state index >= 15 is 0 Å². The standard InChI is InChI=1S/C56H104N2O3/c1-4-7-10-13-16-19-22-24-26-28-30-32-34-37-40-43-48-57-55(59)52-46-47-53(54(51-52)61-50-45-42-39-36-21-18-15-12-9-6-3)56(60)58-49-44-41-38-35-33-31-29-27-25-23-20-17-14-11-8-5-2/h46-47,51H,4-45,48-50H2,1-3H3,(H,57,59)(H,58,60). The van der Waals surface area contributed by atoms with E-state index in [1.165, 1.54) is 231 Å². The van der Waals surface area contributed by atoms with Gasteiger partial charge in [0.25, 0.3) is 11.8 Å². The van der Waals surface area contributed by atoms with E-state index in [9.17, 15) is 9.59 Å². The molecule has 0 aliphatic heterocycles. The molecule has 61 heavy (non-hydrogen) atoms. The van der Waals surface area contributed by atoms with Crippen LogP contribution in [-0.4, -0.2) is 31.5 Å². The van der Waals surface area contributed by atoms with Gasteiger partial charge in [0.15, 0.2) is 0 Å². The minimum absolute atomic E-state index is 0.0788. The van der Waals surface area contributed by atoms with Crippen molar-refractivity contribution < 1.29 is 14.3 Å². The van der Waals surface area contributed by atoms with Crippen LogP contribution in [0.4, 0.5) is 0 Å². The minimum atomic E-state index is -0.0980. The van der Waals surface area contributed by atoms with E-state index < -0.39 is 0 Å². The van der Waals surface area contributed by atoms with Gasteiger partial charge in [0.2, 0.25) is 0 Å². The van der Waals surface area contributed by atoms with Crippen molar-refractivity contribution in [3.8, 4) is 5.75 Å². The summed E-state index contributed by atoms with van der Waals surface area (Å²) in [6.45, 7) is 8.78. The number of nitrogens with one attached hydrogen (secondary N) is 2. The van der Waals surface area contributed by atoms with Crippen molar-refractivity contribution in [1.82, 2.24) is 10.6 Å². The molecule has 2 N–H and O–H groups in total. The van der Waals surface area contributed by atoms with Crippen LogP contribution >= 0.6 is 0 Å². The number of carbonyl (C=O) groups is 2. The van der Waals surface area contributed by atoms with Gasteiger partial charge in [-0.15, -0.1) is 0 Å². The molecule has 2 amide bonds. The summed E-state index contributed by atoms with van der Waals surface area (Å²) in [5, 5.41) is 6.28. The van der Waals surface area contributed by atoms with Gasteiger partial charge in [-0.05, 0) is 37.5 Å². The molecule has 0 bridgehead atoms. The summed E-state index contributed by atoms with van der Waals surface area (Å²) >= 11 is 0. The third-order valence-electron chi connectivity index (χ3n) is 12.9. The average Bonchev–Trinajstić information content (AvgIpc) is 3.27. The van der Waals surface area contributed by atoms with E-state index in [2.05, 4.69) is 31.4 Å². The van der Waals surface area contributed by atoms with Crippen LogP contribution in [0.2, 0.25) is 0 Å². The maximum atomic E-state index is 13.4. The van der Waals surface area contributed by atoms with Gasteiger partial charge >= 0.3 is 0 Å². The van der Waals surface area contributed by atoms with Crippen LogP contribution in [0.25, 0.3) is 0 Å². The van der Waals surface area contributed by atoms with E-state index in [0.29, 0.717) is 36.6 Å². The molecule has 0 aromatic heterocycles. The van der Waals surface area contributed by atoms with Crippen molar-refractivity contribution in [3.63, 3.8) is 0 Å². The van der Waals surface area contributed by atoms with Crippen molar-refractivity contribution in [1.29, 1.82) is 0 Å². The molecule has 0 radical (unpaired) electrons. The molecule has 356 valence electrons. The first-order chi connectivity index (χ1) is 30.1. The monoisotopic (exact) mass is 853 g/mol. The van der Waals surface area contributed by atoms with Crippen molar-refractivity contribution >= 4 is 11.8 Å². The summed E-state index contributed by atoms with van der Waals surface area (Å²) < 4.78 is 6.26. The highest BCUT2D eigenvalue weighted by Gasteiger charge is 2.16. The SMILES string of the molecule is CCCCCCCCCCCCCCCCCCNC(=O)c1ccc(C(=O)NCCCCCCCCCCCCCCCCCC)c(OCCCCCCCCCCCC)c1. The lowest BCUT2D eigenvalue weighted by Crippen LogP contribution is -2.26. The topological polar surface area (TPSA) is 67.4 Å². The Balaban J connectivity index is 2.35. The van der Waals surface area contributed by atoms with E-state index in [0.717, 1.165) is 38.5 Å². The molecular weight excluding hydrogens is 749 g/mol. The second-order valence-corrected chi connectivity index (χ2v) is 18.9. The smallest absolute Gasteiger partial charge is 0.255 e. The van der Waals surface area contributed by atoms with Gasteiger partial charge in [0, 0.05) is 18.7 Å². The Hall–Kier alpha value is -2.04. The van der Waals surface area contributed by atoms with Gasteiger partial charge in [-0.2, -0.15) is 0 Å². The molecular formula is C56H104N2O3. The zero-order chi connectivity index (χ0) is 43.9. The van der Waals surface area contributed by atoms with Gasteiger partial charge in [-0.3, -0.25) is 9.59 Å². The number of hydrogen-bond acceptors (Lipinski definition) is 3. The lowest BCUT2D eigenvalue weighted by molar-refractivity contribution is 0.0937. The van der Waals surface area contributed by atoms with Gasteiger partial charge in [0.05, 0.1) is 12.2 Å². The Morgan fingerprint density at radius 2 is 0.639 bits per heavy atom. The summed E-state index contributed by atoms with van der Waals surface area (Å²) in [7, 11) is 0. The molecule has 0 saturated heterocycles. The quantitative estimate of drug-likeness (QED) is 0.0642. The van der Waals surface area contributed by atoms with Crippen LogP contribution in [0.5, 0.6) is 5.75 Å². The van der Waals surface area contributed by atoms with Crippen LogP contribution in [0.3, 0.4) is 0 Å². The molecule has 1 aromatic carbocycles. The van der Waals surface area contributed by atoms with Crippen molar-refractivity contribution in [3.05, 3.63) is 29.3 Å². The highest BCUT2D eigenvalue weighted by Crippen LogP contribution is 2.23. The molecule has 0 aliphatic rings. The Bertz CT molecular complexity index is 1090. The van der Waals surface area contributed by atoms with E-state index in [1.54, 1.807) is 18.2 Å². The van der Waals surface area contributed by atoms with E-state index in [-0.39, 0.29) is 11.8 Å². The number of hydrogen-bond donors (Lipinski definition) is 2. The van der Waals surface area contributed by atoms with Gasteiger partial charge in [-0.25, -0.2) is 0 Å². The first-order valence-corrected chi connectivity index (χ1v) is 27.5. The summed E-state index contributed by atoms with van der Waals surface area (Å²) in [5.41, 5.74) is 1.11. The highest BCUT2D eigenvalue weighted by atomic mass is 16.5. The average molecular weight is 853 g/mol. The lowest BCUT2D eigenvalue weighted by Gasteiger charge is -2.14. The predicted molar refractivity (Wildman–Crippen MR) is 268 cm³/mol. The Labute approximate surface area is 380 Å². The normalized spacial score (nSPS) is 11.3. The highest BCUT2D eigenvalue weighted by molar-refractivity contribution is 6.00. The molecule has 0 spiro atoms. The molecule has 5 nitrogen and oxygen atoms in total. The second kappa shape index (κ2) is 46.0. The number of unbranched alkanes of at least 4 members (excludes halogenated alkanes) is 39. The van der Waals surface area contributed by atoms with Crippen LogP contribution < -0.4 is 15.4 Å². The molecule has 1 rings (SSSR count). The predicted octanol–water partition coefficient (Wildman–Crippen LogP) is 18.0. The second-order valence-electron chi connectivity index (χ2n) is 18.9. The molecule has 0 heterocycles. The molecule has 0 aliphatic carbocycles.